The Morgan fingerprint density at radius 1 is 0.592 bits per heavy atom. The number of nitrogens with zero attached hydrogens (tertiary/aromatic N) is 4. The van der Waals surface area contributed by atoms with Crippen molar-refractivity contribution < 1.29 is 81.8 Å². The first kappa shape index (κ1) is 90.4. The van der Waals surface area contributed by atoms with E-state index in [0.717, 1.165) is 11.5 Å². The van der Waals surface area contributed by atoms with Gasteiger partial charge in [0, 0.05) is 52.4 Å². The second kappa shape index (κ2) is 74.2. The fourth-order valence-electron chi connectivity index (χ4n) is 1.03. The Morgan fingerprint density at radius 3 is 0.918 bits per heavy atom. The molecule has 0 saturated carbocycles. The molecule has 0 aromatic rings. The Labute approximate surface area is 396 Å². The van der Waals surface area contributed by atoms with Crippen LogP contribution in [0.5, 0.6) is 0 Å². The molecule has 0 spiro atoms. The molecule has 8 radical (unpaired) electrons. The summed E-state index contributed by atoms with van der Waals surface area (Å²) in [5.41, 5.74) is 0. The first-order chi connectivity index (χ1) is 18.5. The van der Waals surface area contributed by atoms with Gasteiger partial charge in [-0.3, -0.25) is 0 Å². The van der Waals surface area contributed by atoms with E-state index in [9.17, 15) is 40.5 Å². The molecular formula is C8H35Bi7N4O22S8. The molecule has 41 heteroatoms. The van der Waals surface area contributed by atoms with Crippen molar-refractivity contribution in [1.29, 1.82) is 0 Å². The predicted octanol–water partition coefficient (Wildman–Crippen LogP) is -6.31. The van der Waals surface area contributed by atoms with Crippen LogP contribution < -0.4 is 0 Å². The molecule has 0 atom stereocenters. The summed E-state index contributed by atoms with van der Waals surface area (Å²) in [6, 6.07) is 0. The molecule has 0 unspecified atom stereocenters. The average molecular weight is 2260 g/mol. The van der Waals surface area contributed by atoms with E-state index in [-0.39, 0.29) is 96.2 Å². The minimum atomic E-state index is -2.41. The van der Waals surface area contributed by atoms with Gasteiger partial charge in [-0.2, -0.15) is 25.3 Å². The molecule has 49 heavy (non-hydrogen) atoms. The maximum absolute atomic E-state index is 9.31. The molecule has 26 nitrogen and oxygen atoms in total. The standard InChI is InChI=1S/4C2H6S2.7Bi.4NO3.9H2O.O/c4*3-1-2-4;;;;;;;;4*2-1(3)4;;;;;;;;;;/h4*3-4H,1-2H2;;;;;;;;;;;;9*1H2;/q;;;;;;+1;2*+2;2*+3;4*-1;;;;;;;;;;/p-7. The molecule has 2 saturated heterocycles. The van der Waals surface area contributed by atoms with Crippen LogP contribution in [0.4, 0.5) is 0 Å². The summed E-state index contributed by atoms with van der Waals surface area (Å²) in [7, 11) is 14.2. The Hall–Kier alpha value is 5.22. The molecule has 0 aromatic carbocycles. The monoisotopic (exact) mass is 2260 g/mol. The third-order valence-corrected chi connectivity index (χ3v) is 71.0. The Morgan fingerprint density at radius 2 is 0.776 bits per heavy atom. The van der Waals surface area contributed by atoms with E-state index < -0.39 is 127 Å². The van der Waals surface area contributed by atoms with Crippen molar-refractivity contribution >= 4 is 235 Å². The van der Waals surface area contributed by atoms with Gasteiger partial charge in [0.05, 0.1) is 0 Å². The van der Waals surface area contributed by atoms with E-state index in [1.165, 1.54) is 34.5 Å². The van der Waals surface area contributed by atoms with Gasteiger partial charge in [-0.25, -0.2) is 0 Å². The van der Waals surface area contributed by atoms with E-state index in [2.05, 4.69) is 88.0 Å². The fourth-order valence-corrected chi connectivity index (χ4v) is 71.9. The molecule has 0 aromatic heterocycles. The van der Waals surface area contributed by atoms with Crippen molar-refractivity contribution in [2.75, 3.05) is 46.0 Å². The van der Waals surface area contributed by atoms with Gasteiger partial charge >= 0.3 is 271 Å². The van der Waals surface area contributed by atoms with Crippen molar-refractivity contribution in [3.05, 3.63) is 40.5 Å². The molecule has 2 rings (SSSR count). The van der Waals surface area contributed by atoms with Gasteiger partial charge in [0.25, 0.3) is 0 Å². The van der Waals surface area contributed by atoms with Crippen LogP contribution in [-0.4, -0.2) is 272 Å². The van der Waals surface area contributed by atoms with Gasteiger partial charge in [-0.05, 0) is 11.5 Å². The summed E-state index contributed by atoms with van der Waals surface area (Å²) in [6.07, 6.45) is 0. The first-order valence-corrected chi connectivity index (χ1v) is 49.9. The van der Waals surface area contributed by atoms with Crippen LogP contribution >= 0.6 is 76.4 Å². The molecule has 0 aliphatic carbocycles. The fraction of sp³-hybridized carbons (Fsp3) is 1.00. The molecule has 302 valence electrons. The predicted molar refractivity (Wildman–Crippen MR) is 207 cm³/mol. The van der Waals surface area contributed by atoms with E-state index in [1.807, 2.05) is 0 Å². The van der Waals surface area contributed by atoms with Gasteiger partial charge in [0.15, 0.2) is 0 Å². The Kier molecular flexibility index (Phi) is 137. The van der Waals surface area contributed by atoms with Crippen molar-refractivity contribution in [1.82, 2.24) is 0 Å². The van der Waals surface area contributed by atoms with Crippen LogP contribution in [0.1, 0.15) is 0 Å². The molecule has 2 fully saturated rings. The summed E-state index contributed by atoms with van der Waals surface area (Å²) in [6.45, 7) is 0. The van der Waals surface area contributed by atoms with Gasteiger partial charge in [-0.15, -0.1) is 0 Å². The second-order valence-electron chi connectivity index (χ2n) is 4.35. The van der Waals surface area contributed by atoms with Crippen LogP contribution in [0.2, 0.25) is 0 Å². The topological polar surface area (TPSA) is 499 Å². The zero-order chi connectivity index (χ0) is 30.3. The Bertz CT molecular complexity index is 601. The van der Waals surface area contributed by atoms with E-state index in [1.54, 1.807) is 0 Å². The van der Waals surface area contributed by atoms with Gasteiger partial charge in [0.2, 0.25) is 0 Å². The molecular weight excluding hydrogens is 2220 g/mol. The zero-order valence-corrected chi connectivity index (χ0v) is 54.7. The molecule has 17 N–H and O–H groups in total. The molecule has 2 aliphatic heterocycles. The first-order valence-electron chi connectivity index (χ1n) is 8.76. The third-order valence-electron chi connectivity index (χ3n) is 1.93. The van der Waals surface area contributed by atoms with Gasteiger partial charge in [0.1, 0.15) is 0 Å². The van der Waals surface area contributed by atoms with E-state index >= 15 is 0 Å². The second-order valence-corrected chi connectivity index (χ2v) is 66.5. The Balaban J connectivity index is -0.0000000307. The number of hydrogen-bond acceptors (Lipinski definition) is 21. The van der Waals surface area contributed by atoms with Crippen LogP contribution in [0.3, 0.4) is 0 Å². The quantitative estimate of drug-likeness (QED) is 0.0479. The SMILES string of the molecule is C1C[S][Bi]([S]CC[S][Bi]2[S]CC[S]2)[S]1.O.O.O.O.O.O.O.O.O=[N+]([O-])[O][Bi][O][N+](=O)[O-].O=[N+]([O-])[O][Bi][O][N+](=O)[O-].SCCS.[Bi].[Bi].[O]=[Bi][OH]. The summed E-state index contributed by atoms with van der Waals surface area (Å²) in [5, 5.41) is 32.8. The third kappa shape index (κ3) is 90.8. The summed E-state index contributed by atoms with van der Waals surface area (Å²) < 4.78 is 30.2. The van der Waals surface area contributed by atoms with E-state index in [0.29, 0.717) is 0 Å². The normalized spacial score (nSPS) is 10.9. The molecule has 0 amide bonds. The number of hydrogen-bond donors (Lipinski definition) is 3. The van der Waals surface area contributed by atoms with Crippen LogP contribution in [-0.2, 0) is 14.5 Å². The molecule has 2 heterocycles. The maximum atomic E-state index is 9.31. The van der Waals surface area contributed by atoms with Crippen LogP contribution in [0.25, 0.3) is 0 Å². The molecule has 2 aliphatic rings. The summed E-state index contributed by atoms with van der Waals surface area (Å²) in [5.74, 6) is 10.6. The summed E-state index contributed by atoms with van der Waals surface area (Å²) in [4.78, 5) is 37.2. The number of rotatable bonds is 14. The number of thiol groups is 2. The minimum absolute atomic E-state index is 0. The summed E-state index contributed by atoms with van der Waals surface area (Å²) >= 11 is -1.20. The van der Waals surface area contributed by atoms with Gasteiger partial charge < -0.3 is 43.8 Å². The molecule has 0 bridgehead atoms. The zero-order valence-electron chi connectivity index (χ0n) is 23.7. The van der Waals surface area contributed by atoms with Crippen molar-refractivity contribution in [3.8, 4) is 0 Å². The average Bonchev–Trinajstić information content (AvgIpc) is 3.57. The van der Waals surface area contributed by atoms with Gasteiger partial charge in [-0.1, -0.05) is 0 Å². The van der Waals surface area contributed by atoms with E-state index in [4.69, 9.17) is 6.00 Å². The van der Waals surface area contributed by atoms with Crippen molar-refractivity contribution in [2.45, 2.75) is 0 Å². The van der Waals surface area contributed by atoms with Crippen LogP contribution in [0, 0.1) is 40.5 Å². The van der Waals surface area contributed by atoms with Crippen molar-refractivity contribution in [2.24, 2.45) is 0 Å². The van der Waals surface area contributed by atoms with Crippen LogP contribution in [0.15, 0.2) is 0 Å². The van der Waals surface area contributed by atoms with Crippen molar-refractivity contribution in [3.63, 3.8) is 0 Å².